The Morgan fingerprint density at radius 3 is 2.29 bits per heavy atom. The summed E-state index contributed by atoms with van der Waals surface area (Å²) in [5.41, 5.74) is 0.362. The van der Waals surface area contributed by atoms with Gasteiger partial charge in [0, 0.05) is 17.7 Å². The number of hydrogen-bond donors (Lipinski definition) is 0. The zero-order valence-electron chi connectivity index (χ0n) is 20.9. The van der Waals surface area contributed by atoms with Gasteiger partial charge in [0.15, 0.2) is 22.4 Å². The van der Waals surface area contributed by atoms with E-state index in [0.29, 0.717) is 17.0 Å². The van der Waals surface area contributed by atoms with E-state index in [0.717, 1.165) is 11.8 Å². The van der Waals surface area contributed by atoms with E-state index in [-0.39, 0.29) is 50.5 Å². The highest BCUT2D eigenvalue weighted by Crippen LogP contribution is 2.42. The van der Waals surface area contributed by atoms with Crippen molar-refractivity contribution >= 4 is 34.1 Å². The lowest BCUT2D eigenvalue weighted by atomic mass is 10.1. The lowest BCUT2D eigenvalue weighted by molar-refractivity contribution is -0.384. The van der Waals surface area contributed by atoms with E-state index in [1.165, 1.54) is 63.3 Å². The molecule has 0 atom stereocenters. The lowest BCUT2D eigenvalue weighted by Gasteiger charge is -2.17. The molecule has 12 heteroatoms. The molecule has 0 unspecified atom stereocenters. The summed E-state index contributed by atoms with van der Waals surface area (Å²) < 4.78 is 22.9. The number of non-ortho nitro benzene ring substituents is 1. The number of benzene rings is 3. The Bertz CT molecular complexity index is 1580. The van der Waals surface area contributed by atoms with Crippen LogP contribution in [-0.4, -0.2) is 54.4 Å². The Labute approximate surface area is 221 Å². The fourth-order valence-corrected chi connectivity index (χ4v) is 4.73. The zero-order valence-corrected chi connectivity index (χ0v) is 21.7. The molecule has 0 fully saturated rings. The molecule has 11 nitrogen and oxygen atoms in total. The second kappa shape index (κ2) is 11.2. The molecule has 4 rings (SSSR count). The summed E-state index contributed by atoms with van der Waals surface area (Å²) in [5, 5.41) is 11.5. The number of thioether (sulfide) groups is 1. The molecule has 38 heavy (non-hydrogen) atoms. The first kappa shape index (κ1) is 26.5. The van der Waals surface area contributed by atoms with Crippen molar-refractivity contribution in [2.75, 3.05) is 34.2 Å². The highest BCUT2D eigenvalue weighted by Gasteiger charge is 2.23. The number of carbonyl (C=O) groups is 1. The molecule has 0 amide bonds. The summed E-state index contributed by atoms with van der Waals surface area (Å²) in [6, 6.07) is 13.7. The minimum Gasteiger partial charge on any atom is -0.497 e. The first-order valence-corrected chi connectivity index (χ1v) is 12.1. The molecule has 1 heterocycles. The molecule has 0 bridgehead atoms. The van der Waals surface area contributed by atoms with Crippen molar-refractivity contribution in [3.8, 4) is 28.7 Å². The van der Waals surface area contributed by atoms with Crippen LogP contribution in [0.4, 0.5) is 5.69 Å². The van der Waals surface area contributed by atoms with Crippen LogP contribution >= 0.6 is 11.8 Å². The van der Waals surface area contributed by atoms with Gasteiger partial charge < -0.3 is 18.9 Å². The predicted molar refractivity (Wildman–Crippen MR) is 142 cm³/mol. The second-order valence-electron chi connectivity index (χ2n) is 7.79. The van der Waals surface area contributed by atoms with Gasteiger partial charge in [-0.2, -0.15) is 0 Å². The van der Waals surface area contributed by atoms with Crippen LogP contribution in [0, 0.1) is 10.1 Å². The van der Waals surface area contributed by atoms with Crippen molar-refractivity contribution in [1.29, 1.82) is 0 Å². The van der Waals surface area contributed by atoms with E-state index < -0.39 is 10.5 Å². The van der Waals surface area contributed by atoms with Gasteiger partial charge in [-0.25, -0.2) is 4.98 Å². The number of nitro groups is 1. The van der Waals surface area contributed by atoms with Crippen LogP contribution in [0.1, 0.15) is 10.4 Å². The molecule has 196 valence electrons. The summed E-state index contributed by atoms with van der Waals surface area (Å²) in [7, 11) is 5.79. The van der Waals surface area contributed by atoms with E-state index in [1.54, 1.807) is 24.3 Å². The van der Waals surface area contributed by atoms with Gasteiger partial charge in [0.1, 0.15) is 11.3 Å². The molecular weight excluding hydrogens is 514 g/mol. The molecule has 0 aliphatic heterocycles. The Morgan fingerprint density at radius 2 is 1.68 bits per heavy atom. The normalized spacial score (nSPS) is 10.7. The monoisotopic (exact) mass is 537 g/mol. The number of Topliss-reactive ketones (excluding diaryl/α,β-unsaturated/α-hetero) is 1. The third-order valence-electron chi connectivity index (χ3n) is 5.68. The quantitative estimate of drug-likeness (QED) is 0.0948. The molecular formula is C26H23N3O8S. The van der Waals surface area contributed by atoms with E-state index in [4.69, 9.17) is 18.9 Å². The molecule has 0 saturated heterocycles. The summed E-state index contributed by atoms with van der Waals surface area (Å²) in [6.45, 7) is 0. The van der Waals surface area contributed by atoms with E-state index in [1.807, 2.05) is 0 Å². The number of nitro benzene ring substituents is 1. The molecule has 0 aliphatic rings. The van der Waals surface area contributed by atoms with Gasteiger partial charge in [0.05, 0.1) is 50.2 Å². The smallest absolute Gasteiger partial charge is 0.269 e. The Morgan fingerprint density at radius 1 is 0.974 bits per heavy atom. The van der Waals surface area contributed by atoms with Crippen molar-refractivity contribution < 1.29 is 28.7 Å². The number of aromatic nitrogens is 2. The van der Waals surface area contributed by atoms with Crippen LogP contribution in [-0.2, 0) is 0 Å². The van der Waals surface area contributed by atoms with Crippen LogP contribution in [0.15, 0.2) is 64.5 Å². The SMILES string of the molecule is COc1cccc(C(=O)CSc2nc3c(OC)c(OC)c(OC)cc3c(=O)n2-c2ccc([N+](=O)[O-])cc2)c1. The number of ether oxygens (including phenoxy) is 4. The predicted octanol–water partition coefficient (Wildman–Crippen LogP) is 4.30. The van der Waals surface area contributed by atoms with E-state index in [9.17, 15) is 19.7 Å². The van der Waals surface area contributed by atoms with Crippen LogP contribution in [0.25, 0.3) is 16.6 Å². The van der Waals surface area contributed by atoms with Gasteiger partial charge in [-0.3, -0.25) is 24.3 Å². The van der Waals surface area contributed by atoms with Gasteiger partial charge in [-0.05, 0) is 30.3 Å². The average molecular weight is 538 g/mol. The summed E-state index contributed by atoms with van der Waals surface area (Å²) in [5.74, 6) is 0.991. The average Bonchev–Trinajstić information content (AvgIpc) is 2.94. The van der Waals surface area contributed by atoms with Gasteiger partial charge in [0.2, 0.25) is 5.75 Å². The second-order valence-corrected chi connectivity index (χ2v) is 8.74. The van der Waals surface area contributed by atoms with Gasteiger partial charge in [0.25, 0.3) is 11.2 Å². The van der Waals surface area contributed by atoms with E-state index in [2.05, 4.69) is 4.98 Å². The zero-order chi connectivity index (χ0) is 27.4. The fraction of sp³-hybridized carbons (Fsp3) is 0.192. The number of carbonyl (C=O) groups excluding carboxylic acids is 1. The first-order valence-electron chi connectivity index (χ1n) is 11.1. The minimum atomic E-state index is -0.532. The Kier molecular flexibility index (Phi) is 7.82. The van der Waals surface area contributed by atoms with Crippen molar-refractivity contribution in [3.05, 3.63) is 80.6 Å². The number of ketones is 1. The number of fused-ring (bicyclic) bond motifs is 1. The molecule has 0 aliphatic carbocycles. The minimum absolute atomic E-state index is 0.0479. The van der Waals surface area contributed by atoms with Gasteiger partial charge in [-0.1, -0.05) is 23.9 Å². The fourth-order valence-electron chi connectivity index (χ4n) is 3.83. The Balaban J connectivity index is 1.89. The van der Waals surface area contributed by atoms with Crippen LogP contribution < -0.4 is 24.5 Å². The van der Waals surface area contributed by atoms with Crippen molar-refractivity contribution in [2.45, 2.75) is 5.16 Å². The highest BCUT2D eigenvalue weighted by atomic mass is 32.2. The van der Waals surface area contributed by atoms with Gasteiger partial charge in [-0.15, -0.1) is 0 Å². The van der Waals surface area contributed by atoms with Crippen LogP contribution in [0.3, 0.4) is 0 Å². The van der Waals surface area contributed by atoms with Crippen molar-refractivity contribution in [2.24, 2.45) is 0 Å². The largest absolute Gasteiger partial charge is 0.497 e. The molecule has 0 N–H and O–H groups in total. The summed E-state index contributed by atoms with van der Waals surface area (Å²) in [4.78, 5) is 42.1. The molecule has 0 saturated carbocycles. The summed E-state index contributed by atoms with van der Waals surface area (Å²) >= 11 is 1.04. The third-order valence-corrected chi connectivity index (χ3v) is 6.62. The van der Waals surface area contributed by atoms with Crippen molar-refractivity contribution in [3.63, 3.8) is 0 Å². The number of rotatable bonds is 10. The summed E-state index contributed by atoms with van der Waals surface area (Å²) in [6.07, 6.45) is 0. The standard InChI is InChI=1S/C26H23N3O8S/c1-34-18-7-5-6-15(12-18)20(30)14-38-26-27-22-19(13-21(35-2)23(36-3)24(22)37-4)25(31)28(26)16-8-10-17(11-9-16)29(32)33/h5-13H,14H2,1-4H3. The highest BCUT2D eigenvalue weighted by molar-refractivity contribution is 7.99. The van der Waals surface area contributed by atoms with Gasteiger partial charge >= 0.3 is 0 Å². The maximum Gasteiger partial charge on any atom is 0.269 e. The topological polar surface area (TPSA) is 132 Å². The maximum atomic E-state index is 13.8. The molecule has 0 spiro atoms. The lowest BCUT2D eigenvalue weighted by Crippen LogP contribution is -2.22. The van der Waals surface area contributed by atoms with E-state index >= 15 is 0 Å². The van der Waals surface area contributed by atoms with Crippen LogP contribution in [0.5, 0.6) is 23.0 Å². The number of methoxy groups -OCH3 is 4. The third kappa shape index (κ3) is 4.98. The molecule has 3 aromatic carbocycles. The molecule has 0 radical (unpaired) electrons. The molecule has 1 aromatic heterocycles. The number of nitrogens with zero attached hydrogens (tertiary/aromatic N) is 3. The van der Waals surface area contributed by atoms with Crippen LogP contribution in [0.2, 0.25) is 0 Å². The number of hydrogen-bond acceptors (Lipinski definition) is 10. The first-order chi connectivity index (χ1) is 18.3. The van der Waals surface area contributed by atoms with Crippen molar-refractivity contribution in [1.82, 2.24) is 9.55 Å². The molecule has 4 aromatic rings. The Hall–Kier alpha value is -4.58. The maximum absolute atomic E-state index is 13.8.